The van der Waals surface area contributed by atoms with Crippen molar-refractivity contribution in [3.63, 3.8) is 0 Å². The van der Waals surface area contributed by atoms with Gasteiger partial charge < -0.3 is 14.6 Å². The zero-order chi connectivity index (χ0) is 23.1. The van der Waals surface area contributed by atoms with Crippen LogP contribution in [-0.2, 0) is 14.1 Å². The van der Waals surface area contributed by atoms with Gasteiger partial charge in [0.05, 0.1) is 30.4 Å². The van der Waals surface area contributed by atoms with Crippen LogP contribution in [0.15, 0.2) is 61.1 Å². The van der Waals surface area contributed by atoms with Crippen LogP contribution in [0.2, 0.25) is 0 Å². The Morgan fingerprint density at radius 1 is 0.879 bits per heavy atom. The highest BCUT2D eigenvalue weighted by atomic mass is 16.5. The second-order valence-electron chi connectivity index (χ2n) is 8.22. The van der Waals surface area contributed by atoms with Crippen molar-refractivity contribution in [1.29, 1.82) is 0 Å². The molecule has 0 aliphatic carbocycles. The highest BCUT2D eigenvalue weighted by molar-refractivity contribution is 5.89. The molecule has 3 heterocycles. The first-order valence-electron chi connectivity index (χ1n) is 10.8. The molecule has 0 unspecified atom stereocenters. The molecule has 7 heteroatoms. The number of rotatable bonds is 5. The van der Waals surface area contributed by atoms with E-state index in [-0.39, 0.29) is 0 Å². The fraction of sp³-hybridized carbons (Fsp3) is 0.192. The van der Waals surface area contributed by atoms with Crippen molar-refractivity contribution in [3.8, 4) is 28.1 Å². The molecule has 0 saturated heterocycles. The predicted octanol–water partition coefficient (Wildman–Crippen LogP) is 5.40. The van der Waals surface area contributed by atoms with Crippen molar-refractivity contribution in [2.45, 2.75) is 13.8 Å². The maximum Gasteiger partial charge on any atom is 0.143 e. The zero-order valence-corrected chi connectivity index (χ0v) is 19.4. The summed E-state index contributed by atoms with van der Waals surface area (Å²) in [4.78, 5) is 9.00. The van der Waals surface area contributed by atoms with Crippen LogP contribution in [0.1, 0.15) is 11.5 Å². The van der Waals surface area contributed by atoms with Gasteiger partial charge in [-0.05, 0) is 49.1 Å². The third-order valence-corrected chi connectivity index (χ3v) is 6.03. The minimum absolute atomic E-state index is 0.744. The van der Waals surface area contributed by atoms with E-state index in [0.29, 0.717) is 0 Å². The van der Waals surface area contributed by atoms with Gasteiger partial charge in [0.2, 0.25) is 0 Å². The van der Waals surface area contributed by atoms with E-state index in [0.717, 1.165) is 61.9 Å². The number of aryl methyl sites for hydroxylation is 3. The molecule has 0 atom stereocenters. The summed E-state index contributed by atoms with van der Waals surface area (Å²) in [6.45, 7) is 4.02. The number of nitrogens with zero attached hydrogens (tertiary/aromatic N) is 5. The number of benzene rings is 2. The van der Waals surface area contributed by atoms with E-state index in [2.05, 4.69) is 55.3 Å². The topological polar surface area (TPSA) is 69.8 Å². The Balaban J connectivity index is 1.48. The first-order valence-corrected chi connectivity index (χ1v) is 10.8. The number of anilines is 2. The molecule has 0 aliphatic heterocycles. The van der Waals surface area contributed by atoms with E-state index >= 15 is 0 Å². The van der Waals surface area contributed by atoms with E-state index < -0.39 is 0 Å². The molecular weight excluding hydrogens is 412 g/mol. The number of ether oxygens (including phenoxy) is 1. The average molecular weight is 439 g/mol. The van der Waals surface area contributed by atoms with Crippen molar-refractivity contribution in [1.82, 2.24) is 24.3 Å². The molecule has 2 aromatic carbocycles. The lowest BCUT2D eigenvalue weighted by Crippen LogP contribution is -1.98. The number of nitrogens with one attached hydrogen (secondary N) is 1. The summed E-state index contributed by atoms with van der Waals surface area (Å²) in [5.41, 5.74) is 6.22. The lowest BCUT2D eigenvalue weighted by Gasteiger charge is -2.13. The molecule has 1 N–H and O–H groups in total. The van der Waals surface area contributed by atoms with Gasteiger partial charge >= 0.3 is 0 Å². The average Bonchev–Trinajstić information content (AvgIpc) is 3.33. The molecule has 0 fully saturated rings. The number of hydrogen-bond acceptors (Lipinski definition) is 5. The summed E-state index contributed by atoms with van der Waals surface area (Å²) in [6.07, 6.45) is 5.81. The van der Waals surface area contributed by atoms with Gasteiger partial charge in [0.1, 0.15) is 17.4 Å². The van der Waals surface area contributed by atoms with E-state index in [1.54, 1.807) is 7.11 Å². The van der Waals surface area contributed by atoms with Gasteiger partial charge in [-0.2, -0.15) is 5.10 Å². The molecule has 0 bridgehead atoms. The fourth-order valence-corrected chi connectivity index (χ4v) is 4.12. The maximum atomic E-state index is 5.68. The molecule has 0 saturated carbocycles. The molecule has 5 aromatic rings. The number of hydrogen-bond donors (Lipinski definition) is 1. The minimum atomic E-state index is 0.744. The number of fused-ring (bicyclic) bond motifs is 1. The quantitative estimate of drug-likeness (QED) is 0.398. The van der Waals surface area contributed by atoms with Crippen molar-refractivity contribution in [2.75, 3.05) is 12.4 Å². The zero-order valence-electron chi connectivity index (χ0n) is 19.4. The van der Waals surface area contributed by atoms with Gasteiger partial charge in [-0.1, -0.05) is 18.2 Å². The number of methoxy groups -OCH3 is 1. The largest absolute Gasteiger partial charge is 0.495 e. The molecule has 5 rings (SSSR count). The Bertz CT molecular complexity index is 1480. The van der Waals surface area contributed by atoms with Crippen LogP contribution in [0.25, 0.3) is 33.2 Å². The Morgan fingerprint density at radius 2 is 1.70 bits per heavy atom. The summed E-state index contributed by atoms with van der Waals surface area (Å²) in [5.74, 6) is 2.46. The van der Waals surface area contributed by atoms with Crippen LogP contribution in [0, 0.1) is 13.8 Å². The second-order valence-corrected chi connectivity index (χ2v) is 8.22. The van der Waals surface area contributed by atoms with Crippen LogP contribution in [0.4, 0.5) is 11.5 Å². The highest BCUT2D eigenvalue weighted by Crippen LogP contribution is 2.33. The Hall–Kier alpha value is -4.13. The molecule has 3 aromatic heterocycles. The molecule has 0 aliphatic rings. The van der Waals surface area contributed by atoms with Gasteiger partial charge in [-0.15, -0.1) is 0 Å². The Kier molecular flexibility index (Phi) is 5.09. The first-order chi connectivity index (χ1) is 15.9. The van der Waals surface area contributed by atoms with Crippen molar-refractivity contribution in [3.05, 3.63) is 72.6 Å². The van der Waals surface area contributed by atoms with Crippen LogP contribution in [0.5, 0.6) is 5.75 Å². The van der Waals surface area contributed by atoms with Gasteiger partial charge in [-0.3, -0.25) is 4.68 Å². The molecule has 7 nitrogen and oxygen atoms in total. The van der Waals surface area contributed by atoms with E-state index in [9.17, 15) is 0 Å². The van der Waals surface area contributed by atoms with Crippen LogP contribution in [0.3, 0.4) is 0 Å². The van der Waals surface area contributed by atoms with E-state index in [1.165, 1.54) is 0 Å². The van der Waals surface area contributed by atoms with Crippen LogP contribution < -0.4 is 10.1 Å². The minimum Gasteiger partial charge on any atom is -0.495 e. The Labute approximate surface area is 192 Å². The fourth-order valence-electron chi connectivity index (χ4n) is 4.12. The summed E-state index contributed by atoms with van der Waals surface area (Å²) in [7, 11) is 5.63. The number of imidazole rings is 1. The predicted molar refractivity (Wildman–Crippen MR) is 132 cm³/mol. The van der Waals surface area contributed by atoms with E-state index in [4.69, 9.17) is 4.74 Å². The van der Waals surface area contributed by atoms with Gasteiger partial charge in [-0.25, -0.2) is 9.97 Å². The van der Waals surface area contributed by atoms with Gasteiger partial charge in [0.15, 0.2) is 0 Å². The molecular formula is C26H26N6O. The third kappa shape index (κ3) is 3.82. The third-order valence-electron chi connectivity index (χ3n) is 6.03. The maximum absolute atomic E-state index is 5.68. The van der Waals surface area contributed by atoms with E-state index in [1.807, 2.05) is 63.3 Å². The summed E-state index contributed by atoms with van der Waals surface area (Å²) in [6, 6.07) is 14.5. The van der Waals surface area contributed by atoms with Crippen molar-refractivity contribution < 1.29 is 4.74 Å². The normalized spacial score (nSPS) is 11.2. The highest BCUT2D eigenvalue weighted by Gasteiger charge is 2.12. The van der Waals surface area contributed by atoms with Crippen molar-refractivity contribution >= 4 is 22.3 Å². The molecule has 0 amide bonds. The monoisotopic (exact) mass is 438 g/mol. The van der Waals surface area contributed by atoms with Crippen molar-refractivity contribution in [2.24, 2.45) is 14.1 Å². The van der Waals surface area contributed by atoms with Gasteiger partial charge in [0.25, 0.3) is 0 Å². The Morgan fingerprint density at radius 3 is 2.39 bits per heavy atom. The molecule has 0 radical (unpaired) electrons. The number of pyridine rings is 1. The number of aromatic nitrogens is 5. The molecule has 0 spiro atoms. The first kappa shape index (κ1) is 20.8. The summed E-state index contributed by atoms with van der Waals surface area (Å²) < 4.78 is 9.59. The standard InChI is InChI=1S/C26H26N6O/c1-16-22(15-31(3)30-16)18-6-7-20-13-28-26(12-21(20)10-18)29-23-9-8-19(11-25(23)33-5)24-14-27-17(2)32(24)4/h6-15H,1-5H3,(H,28,29). The summed E-state index contributed by atoms with van der Waals surface area (Å²) in [5, 5.41) is 10.1. The second kappa shape index (κ2) is 8.09. The lowest BCUT2D eigenvalue weighted by molar-refractivity contribution is 0.417. The SMILES string of the molecule is COc1cc(-c2cnc(C)n2C)ccc1Nc1cc2cc(-c3cn(C)nc3C)ccc2cn1. The molecule has 33 heavy (non-hydrogen) atoms. The lowest BCUT2D eigenvalue weighted by atomic mass is 10.0. The van der Waals surface area contributed by atoms with Gasteiger partial charge in [0, 0.05) is 43.0 Å². The molecule has 166 valence electrons. The van der Waals surface area contributed by atoms with Crippen LogP contribution >= 0.6 is 0 Å². The smallest absolute Gasteiger partial charge is 0.143 e. The summed E-state index contributed by atoms with van der Waals surface area (Å²) >= 11 is 0. The van der Waals surface area contributed by atoms with Crippen LogP contribution in [-0.4, -0.2) is 31.4 Å².